The smallest absolute Gasteiger partial charge is 0.267 e. The highest BCUT2D eigenvalue weighted by Crippen LogP contribution is 2.35. The molecule has 0 radical (unpaired) electrons. The first-order chi connectivity index (χ1) is 10.6. The Kier molecular flexibility index (Phi) is 3.50. The summed E-state index contributed by atoms with van der Waals surface area (Å²) in [5, 5.41) is 2.80. The zero-order valence-corrected chi connectivity index (χ0v) is 12.2. The highest BCUT2D eigenvalue weighted by molar-refractivity contribution is 6.05. The fourth-order valence-corrected chi connectivity index (χ4v) is 2.30. The van der Waals surface area contributed by atoms with E-state index in [1.54, 1.807) is 61.6 Å². The van der Waals surface area contributed by atoms with E-state index in [0.29, 0.717) is 22.7 Å². The summed E-state index contributed by atoms with van der Waals surface area (Å²) in [6, 6.07) is 8.48. The lowest BCUT2D eigenvalue weighted by atomic mass is 10.1. The second-order valence-corrected chi connectivity index (χ2v) is 5.03. The Morgan fingerprint density at radius 3 is 2.73 bits per heavy atom. The van der Waals surface area contributed by atoms with Crippen LogP contribution in [0.1, 0.15) is 17.3 Å². The maximum Gasteiger partial charge on any atom is 0.267 e. The summed E-state index contributed by atoms with van der Waals surface area (Å²) in [6.45, 7) is 1.70. The van der Waals surface area contributed by atoms with Crippen molar-refractivity contribution in [3.8, 4) is 5.75 Å². The first-order valence-electron chi connectivity index (χ1n) is 6.86. The number of nitrogens with one attached hydrogen (secondary N) is 1. The molecule has 0 saturated carbocycles. The molecule has 1 aromatic heterocycles. The molecule has 1 atom stereocenters. The topological polar surface area (TPSA) is 71.5 Å². The minimum atomic E-state index is -0.538. The molecular formula is C16H15N3O3. The number of benzene rings is 1. The Labute approximate surface area is 127 Å². The molecule has 3 rings (SSSR count). The van der Waals surface area contributed by atoms with Gasteiger partial charge in [0.15, 0.2) is 6.10 Å². The number of carbonyl (C=O) groups is 2. The molecule has 2 heterocycles. The van der Waals surface area contributed by atoms with Gasteiger partial charge in [0.1, 0.15) is 5.75 Å². The van der Waals surface area contributed by atoms with Gasteiger partial charge in [-0.2, -0.15) is 0 Å². The summed E-state index contributed by atoms with van der Waals surface area (Å²) in [4.78, 5) is 29.4. The lowest BCUT2D eigenvalue weighted by Gasteiger charge is -2.30. The van der Waals surface area contributed by atoms with Crippen LogP contribution in [0, 0.1) is 0 Å². The van der Waals surface area contributed by atoms with Crippen LogP contribution < -0.4 is 15.0 Å². The third-order valence-electron chi connectivity index (χ3n) is 3.50. The Hall–Kier alpha value is -2.89. The Bertz CT molecular complexity index is 731. The van der Waals surface area contributed by atoms with Crippen LogP contribution in [0.5, 0.6) is 5.75 Å². The lowest BCUT2D eigenvalue weighted by molar-refractivity contribution is -0.125. The van der Waals surface area contributed by atoms with Gasteiger partial charge in [0.25, 0.3) is 11.8 Å². The number of hydrogen-bond acceptors (Lipinski definition) is 4. The largest absolute Gasteiger partial charge is 0.479 e. The monoisotopic (exact) mass is 297 g/mol. The molecule has 1 aliphatic rings. The highest BCUT2D eigenvalue weighted by Gasteiger charge is 2.28. The number of aromatic nitrogens is 1. The molecule has 0 bridgehead atoms. The van der Waals surface area contributed by atoms with E-state index in [1.807, 2.05) is 0 Å². The SMILES string of the molecule is CC1Oc2cc(NC(=O)c3ccncc3)ccc2N(C)C1=O. The number of nitrogens with zero attached hydrogens (tertiary/aromatic N) is 2. The standard InChI is InChI=1S/C16H15N3O3/c1-10-16(21)19(2)13-4-3-12(9-14(13)22-10)18-15(20)11-5-7-17-8-6-11/h3-10H,1-2H3,(H,18,20). The van der Waals surface area contributed by atoms with Crippen molar-refractivity contribution in [2.45, 2.75) is 13.0 Å². The normalized spacial score (nSPS) is 16.7. The first kappa shape index (κ1) is 14.1. The number of rotatable bonds is 2. The Morgan fingerprint density at radius 1 is 1.27 bits per heavy atom. The summed E-state index contributed by atoms with van der Waals surface area (Å²) in [5.74, 6) is 0.249. The molecule has 1 N–H and O–H groups in total. The predicted molar refractivity (Wildman–Crippen MR) is 82.1 cm³/mol. The molecule has 22 heavy (non-hydrogen) atoms. The van der Waals surface area contributed by atoms with Crippen LogP contribution in [0.3, 0.4) is 0 Å². The van der Waals surface area contributed by atoms with Crippen LogP contribution in [0.2, 0.25) is 0 Å². The molecule has 0 saturated heterocycles. The number of carbonyl (C=O) groups excluding carboxylic acids is 2. The van der Waals surface area contributed by atoms with Crippen LogP contribution in [-0.2, 0) is 4.79 Å². The van der Waals surface area contributed by atoms with Gasteiger partial charge in [-0.3, -0.25) is 14.6 Å². The second kappa shape index (κ2) is 5.48. The molecule has 2 aromatic rings. The van der Waals surface area contributed by atoms with Gasteiger partial charge in [-0.25, -0.2) is 0 Å². The number of amides is 2. The molecule has 0 aliphatic carbocycles. The average molecular weight is 297 g/mol. The number of likely N-dealkylation sites (N-methyl/N-ethyl adjacent to an activating group) is 1. The van der Waals surface area contributed by atoms with E-state index in [2.05, 4.69) is 10.3 Å². The molecule has 1 unspecified atom stereocenters. The van der Waals surface area contributed by atoms with Crippen molar-refractivity contribution in [1.29, 1.82) is 0 Å². The van der Waals surface area contributed by atoms with Crippen LogP contribution in [0.4, 0.5) is 11.4 Å². The zero-order chi connectivity index (χ0) is 15.7. The van der Waals surface area contributed by atoms with Crippen LogP contribution in [0.15, 0.2) is 42.7 Å². The molecule has 0 spiro atoms. The summed E-state index contributed by atoms with van der Waals surface area (Å²) < 4.78 is 5.59. The molecular weight excluding hydrogens is 282 g/mol. The van der Waals surface area contributed by atoms with Crippen molar-refractivity contribution >= 4 is 23.2 Å². The van der Waals surface area contributed by atoms with Crippen molar-refractivity contribution < 1.29 is 14.3 Å². The molecule has 2 amide bonds. The van der Waals surface area contributed by atoms with Gasteiger partial charge in [-0.15, -0.1) is 0 Å². The molecule has 6 nitrogen and oxygen atoms in total. The quantitative estimate of drug-likeness (QED) is 0.921. The van der Waals surface area contributed by atoms with Crippen LogP contribution >= 0.6 is 0 Å². The fourth-order valence-electron chi connectivity index (χ4n) is 2.30. The van der Waals surface area contributed by atoms with Gasteiger partial charge >= 0.3 is 0 Å². The summed E-state index contributed by atoms with van der Waals surface area (Å²) in [5.41, 5.74) is 1.81. The van der Waals surface area contributed by atoms with Crippen molar-refractivity contribution in [2.75, 3.05) is 17.3 Å². The van der Waals surface area contributed by atoms with Gasteiger partial charge in [-0.05, 0) is 31.2 Å². The van der Waals surface area contributed by atoms with E-state index in [1.165, 1.54) is 0 Å². The molecule has 112 valence electrons. The zero-order valence-electron chi connectivity index (χ0n) is 12.2. The molecule has 1 aliphatic heterocycles. The maximum absolute atomic E-state index is 12.1. The van der Waals surface area contributed by atoms with E-state index in [0.717, 1.165) is 0 Å². The number of pyridine rings is 1. The number of fused-ring (bicyclic) bond motifs is 1. The summed E-state index contributed by atoms with van der Waals surface area (Å²) in [7, 11) is 1.70. The summed E-state index contributed by atoms with van der Waals surface area (Å²) >= 11 is 0. The third-order valence-corrected chi connectivity index (χ3v) is 3.50. The molecule has 1 aromatic carbocycles. The Morgan fingerprint density at radius 2 is 2.00 bits per heavy atom. The number of anilines is 2. The molecule has 0 fully saturated rings. The van der Waals surface area contributed by atoms with E-state index in [4.69, 9.17) is 4.74 Å². The third kappa shape index (κ3) is 2.50. The van der Waals surface area contributed by atoms with Gasteiger partial charge in [-0.1, -0.05) is 0 Å². The lowest BCUT2D eigenvalue weighted by Crippen LogP contribution is -2.41. The second-order valence-electron chi connectivity index (χ2n) is 5.03. The van der Waals surface area contributed by atoms with Gasteiger partial charge in [0.2, 0.25) is 0 Å². The van der Waals surface area contributed by atoms with Crippen LogP contribution in [0.25, 0.3) is 0 Å². The minimum absolute atomic E-state index is 0.0962. The van der Waals surface area contributed by atoms with Crippen molar-refractivity contribution in [3.63, 3.8) is 0 Å². The maximum atomic E-state index is 12.1. The Balaban J connectivity index is 1.84. The number of hydrogen-bond donors (Lipinski definition) is 1. The van der Waals surface area contributed by atoms with E-state index < -0.39 is 6.10 Å². The van der Waals surface area contributed by atoms with Gasteiger partial charge in [0.05, 0.1) is 5.69 Å². The van der Waals surface area contributed by atoms with E-state index in [-0.39, 0.29) is 11.8 Å². The van der Waals surface area contributed by atoms with Gasteiger partial charge < -0.3 is 15.0 Å². The number of ether oxygens (including phenoxy) is 1. The minimum Gasteiger partial charge on any atom is -0.479 e. The van der Waals surface area contributed by atoms with Gasteiger partial charge in [0, 0.05) is 36.8 Å². The highest BCUT2D eigenvalue weighted by atomic mass is 16.5. The van der Waals surface area contributed by atoms with E-state index in [9.17, 15) is 9.59 Å². The molecule has 6 heteroatoms. The van der Waals surface area contributed by atoms with Crippen molar-refractivity contribution in [1.82, 2.24) is 4.98 Å². The van der Waals surface area contributed by atoms with E-state index >= 15 is 0 Å². The summed E-state index contributed by atoms with van der Waals surface area (Å²) in [6.07, 6.45) is 2.59. The first-order valence-corrected chi connectivity index (χ1v) is 6.86. The fraction of sp³-hybridized carbons (Fsp3) is 0.188. The average Bonchev–Trinajstić information content (AvgIpc) is 2.53. The predicted octanol–water partition coefficient (Wildman–Crippen LogP) is 2.08. The van der Waals surface area contributed by atoms with Crippen molar-refractivity contribution in [3.05, 3.63) is 48.3 Å². The van der Waals surface area contributed by atoms with Crippen LogP contribution in [-0.4, -0.2) is 29.9 Å². The van der Waals surface area contributed by atoms with Crippen molar-refractivity contribution in [2.24, 2.45) is 0 Å².